The third kappa shape index (κ3) is 2.66. The highest BCUT2D eigenvalue weighted by molar-refractivity contribution is 7.85. The minimum Gasteiger partial charge on any atom is -0.494 e. The summed E-state index contributed by atoms with van der Waals surface area (Å²) in [4.78, 5) is 4.42. The average molecular weight is 331 g/mol. The van der Waals surface area contributed by atoms with Crippen LogP contribution in [0.4, 0.5) is 4.39 Å². The van der Waals surface area contributed by atoms with Crippen molar-refractivity contribution in [2.24, 2.45) is 0 Å². The second kappa shape index (κ2) is 5.93. The first-order valence-corrected chi connectivity index (χ1v) is 8.81. The predicted molar refractivity (Wildman–Crippen MR) is 81.9 cm³/mol. The van der Waals surface area contributed by atoms with Gasteiger partial charge in [-0.25, -0.2) is 9.37 Å². The van der Waals surface area contributed by atoms with Gasteiger partial charge in [0.15, 0.2) is 11.6 Å². The standard InChI is InChI=1S/C14H16ClFN2O2S/c1-20-13-7-12-11(6-10(13)16)17-14(8-15)18(12)9-2-4-21(19)5-3-9/h6-7,9H,2-5,8H2,1H3. The van der Waals surface area contributed by atoms with Gasteiger partial charge in [-0.15, -0.1) is 11.6 Å². The average Bonchev–Trinajstić information content (AvgIpc) is 2.84. The Morgan fingerprint density at radius 1 is 1.48 bits per heavy atom. The molecule has 1 aliphatic heterocycles. The number of methoxy groups -OCH3 is 1. The Kier molecular flexibility index (Phi) is 4.17. The van der Waals surface area contributed by atoms with Crippen LogP contribution in [-0.2, 0) is 16.7 Å². The van der Waals surface area contributed by atoms with Crippen LogP contribution in [-0.4, -0.2) is 32.4 Å². The molecule has 3 rings (SSSR count). The Bertz CT molecular complexity index is 694. The SMILES string of the molecule is COc1cc2c(cc1F)nc(CCl)n2C1CCS(=O)CC1. The van der Waals surface area contributed by atoms with Crippen molar-refractivity contribution in [1.82, 2.24) is 9.55 Å². The van der Waals surface area contributed by atoms with Crippen LogP contribution < -0.4 is 4.74 Å². The van der Waals surface area contributed by atoms with E-state index >= 15 is 0 Å². The van der Waals surface area contributed by atoms with E-state index in [0.29, 0.717) is 17.0 Å². The summed E-state index contributed by atoms with van der Waals surface area (Å²) in [6, 6.07) is 3.25. The molecule has 1 saturated heterocycles. The van der Waals surface area contributed by atoms with E-state index in [1.807, 2.05) is 0 Å². The number of nitrogens with zero attached hydrogens (tertiary/aromatic N) is 2. The molecule has 4 nitrogen and oxygen atoms in total. The molecule has 2 aromatic rings. The van der Waals surface area contributed by atoms with Crippen LogP contribution in [0.3, 0.4) is 0 Å². The fraction of sp³-hybridized carbons (Fsp3) is 0.500. The molecule has 0 saturated carbocycles. The Labute approximate surface area is 129 Å². The molecule has 1 aliphatic rings. The van der Waals surface area contributed by atoms with Crippen LogP contribution in [0, 0.1) is 5.82 Å². The van der Waals surface area contributed by atoms with E-state index in [9.17, 15) is 8.60 Å². The fourth-order valence-electron chi connectivity index (χ4n) is 2.84. The van der Waals surface area contributed by atoms with Crippen LogP contribution in [0.25, 0.3) is 11.0 Å². The molecule has 0 bridgehead atoms. The third-order valence-corrected chi connectivity index (χ3v) is 5.50. The lowest BCUT2D eigenvalue weighted by Gasteiger charge is -2.25. The van der Waals surface area contributed by atoms with Crippen LogP contribution in [0.5, 0.6) is 5.75 Å². The molecule has 0 N–H and O–H groups in total. The molecule has 1 aromatic carbocycles. The van der Waals surface area contributed by atoms with E-state index in [0.717, 1.165) is 24.2 Å². The highest BCUT2D eigenvalue weighted by Crippen LogP contribution is 2.32. The zero-order valence-electron chi connectivity index (χ0n) is 11.6. The summed E-state index contributed by atoms with van der Waals surface area (Å²) in [6.45, 7) is 0. The zero-order chi connectivity index (χ0) is 15.0. The number of rotatable bonds is 3. The first-order valence-electron chi connectivity index (χ1n) is 6.79. The van der Waals surface area contributed by atoms with Crippen LogP contribution in [0.15, 0.2) is 12.1 Å². The van der Waals surface area contributed by atoms with E-state index in [2.05, 4.69) is 9.55 Å². The van der Waals surface area contributed by atoms with Gasteiger partial charge in [0, 0.05) is 40.5 Å². The Balaban J connectivity index is 2.12. The van der Waals surface area contributed by atoms with Gasteiger partial charge in [0.2, 0.25) is 0 Å². The summed E-state index contributed by atoms with van der Waals surface area (Å²) in [5.74, 6) is 2.12. The van der Waals surface area contributed by atoms with Crippen molar-refractivity contribution in [3.8, 4) is 5.75 Å². The topological polar surface area (TPSA) is 44.1 Å². The molecule has 0 amide bonds. The molecular formula is C14H16ClFN2O2S. The van der Waals surface area contributed by atoms with Crippen LogP contribution in [0.1, 0.15) is 24.7 Å². The molecule has 7 heteroatoms. The molecule has 0 radical (unpaired) electrons. The molecule has 2 heterocycles. The Hall–Kier alpha value is -1.14. The van der Waals surface area contributed by atoms with Gasteiger partial charge in [-0.05, 0) is 12.8 Å². The number of fused-ring (bicyclic) bond motifs is 1. The summed E-state index contributed by atoms with van der Waals surface area (Å²) in [5, 5.41) is 0. The highest BCUT2D eigenvalue weighted by atomic mass is 35.5. The highest BCUT2D eigenvalue weighted by Gasteiger charge is 2.24. The van der Waals surface area contributed by atoms with Gasteiger partial charge in [-0.1, -0.05) is 0 Å². The van der Waals surface area contributed by atoms with E-state index in [1.165, 1.54) is 13.2 Å². The van der Waals surface area contributed by atoms with E-state index < -0.39 is 16.6 Å². The Morgan fingerprint density at radius 3 is 2.81 bits per heavy atom. The zero-order valence-corrected chi connectivity index (χ0v) is 13.2. The van der Waals surface area contributed by atoms with Gasteiger partial charge in [0.25, 0.3) is 0 Å². The Morgan fingerprint density at radius 2 is 2.19 bits per heavy atom. The summed E-state index contributed by atoms with van der Waals surface area (Å²) in [6.07, 6.45) is 1.64. The smallest absolute Gasteiger partial charge is 0.167 e. The van der Waals surface area contributed by atoms with Gasteiger partial charge < -0.3 is 9.30 Å². The summed E-state index contributed by atoms with van der Waals surface area (Å²) < 4.78 is 32.5. The summed E-state index contributed by atoms with van der Waals surface area (Å²) in [7, 11) is 0.716. The lowest BCUT2D eigenvalue weighted by atomic mass is 10.1. The summed E-state index contributed by atoms with van der Waals surface area (Å²) in [5.41, 5.74) is 1.40. The van der Waals surface area contributed by atoms with Gasteiger partial charge in [-0.2, -0.15) is 0 Å². The minimum atomic E-state index is -0.726. The van der Waals surface area contributed by atoms with Gasteiger partial charge in [0.1, 0.15) is 5.82 Å². The molecule has 1 fully saturated rings. The monoisotopic (exact) mass is 330 g/mol. The molecule has 21 heavy (non-hydrogen) atoms. The largest absolute Gasteiger partial charge is 0.494 e. The van der Waals surface area contributed by atoms with Crippen molar-refractivity contribution in [2.75, 3.05) is 18.6 Å². The number of imidazole rings is 1. The molecule has 0 spiro atoms. The quantitative estimate of drug-likeness (QED) is 0.813. The molecule has 114 valence electrons. The molecular weight excluding hydrogens is 315 g/mol. The van der Waals surface area contributed by atoms with Crippen LogP contribution in [0.2, 0.25) is 0 Å². The lowest BCUT2D eigenvalue weighted by Crippen LogP contribution is -2.22. The number of aromatic nitrogens is 2. The number of hydrogen-bond donors (Lipinski definition) is 0. The maximum atomic E-state index is 13.8. The maximum Gasteiger partial charge on any atom is 0.167 e. The van der Waals surface area contributed by atoms with Crippen molar-refractivity contribution in [1.29, 1.82) is 0 Å². The summed E-state index contributed by atoms with van der Waals surface area (Å²) >= 11 is 6.00. The van der Waals surface area contributed by atoms with Crippen molar-refractivity contribution >= 4 is 33.4 Å². The van der Waals surface area contributed by atoms with Gasteiger partial charge in [0.05, 0.1) is 24.0 Å². The third-order valence-electron chi connectivity index (χ3n) is 3.88. The molecule has 0 unspecified atom stereocenters. The number of alkyl halides is 1. The minimum absolute atomic E-state index is 0.198. The molecule has 0 aliphatic carbocycles. The molecule has 0 atom stereocenters. The fourth-order valence-corrected chi connectivity index (χ4v) is 4.31. The lowest BCUT2D eigenvalue weighted by molar-refractivity contribution is 0.387. The second-order valence-electron chi connectivity index (χ2n) is 5.09. The van der Waals surface area contributed by atoms with Gasteiger partial charge >= 0.3 is 0 Å². The van der Waals surface area contributed by atoms with Gasteiger partial charge in [-0.3, -0.25) is 4.21 Å². The van der Waals surface area contributed by atoms with Crippen molar-refractivity contribution in [2.45, 2.75) is 24.8 Å². The van der Waals surface area contributed by atoms with E-state index in [4.69, 9.17) is 16.3 Å². The second-order valence-corrected chi connectivity index (χ2v) is 7.05. The molecule has 1 aromatic heterocycles. The van der Waals surface area contributed by atoms with Crippen molar-refractivity contribution < 1.29 is 13.3 Å². The first-order chi connectivity index (χ1) is 10.1. The number of ether oxygens (including phenoxy) is 1. The number of benzene rings is 1. The van der Waals surface area contributed by atoms with Crippen molar-refractivity contribution in [3.05, 3.63) is 23.8 Å². The van der Waals surface area contributed by atoms with E-state index in [1.54, 1.807) is 6.07 Å². The maximum absolute atomic E-state index is 13.8. The normalized spacial score (nSPS) is 22.6. The number of halogens is 2. The van der Waals surface area contributed by atoms with Crippen molar-refractivity contribution in [3.63, 3.8) is 0 Å². The predicted octanol–water partition coefficient (Wildman–Crippen LogP) is 3.01. The van der Waals surface area contributed by atoms with E-state index in [-0.39, 0.29) is 17.7 Å². The van der Waals surface area contributed by atoms with Crippen LogP contribution >= 0.6 is 11.6 Å². The first kappa shape index (κ1) is 14.8. The number of hydrogen-bond acceptors (Lipinski definition) is 3.